The van der Waals surface area contributed by atoms with Gasteiger partial charge in [0, 0.05) is 12.8 Å². The predicted molar refractivity (Wildman–Crippen MR) is 77.2 cm³/mol. The van der Waals surface area contributed by atoms with Crippen LogP contribution in [0.5, 0.6) is 0 Å². The molecular formula is C17H28O3. The number of hydrogen-bond acceptors (Lipinski definition) is 3. The number of carbonyl (C=O) groups is 1. The van der Waals surface area contributed by atoms with Gasteiger partial charge < -0.3 is 9.47 Å². The summed E-state index contributed by atoms with van der Waals surface area (Å²) in [5.41, 5.74) is -0.169. The van der Waals surface area contributed by atoms with Crippen molar-refractivity contribution in [1.82, 2.24) is 0 Å². The number of ether oxygens (including phenoxy) is 2. The van der Waals surface area contributed by atoms with Gasteiger partial charge in [-0.05, 0) is 57.3 Å². The number of epoxide rings is 1. The van der Waals surface area contributed by atoms with Crippen LogP contribution in [0.25, 0.3) is 0 Å². The number of esters is 1. The molecule has 6 atom stereocenters. The molecule has 0 aromatic carbocycles. The predicted octanol–water partition coefficient (Wildman–Crippen LogP) is 3.56. The molecular weight excluding hydrogens is 252 g/mol. The van der Waals surface area contributed by atoms with Gasteiger partial charge in [-0.25, -0.2) is 0 Å². The Morgan fingerprint density at radius 2 is 1.95 bits per heavy atom. The Morgan fingerprint density at radius 3 is 2.55 bits per heavy atom. The third-order valence-corrected chi connectivity index (χ3v) is 6.19. The van der Waals surface area contributed by atoms with Crippen molar-refractivity contribution < 1.29 is 14.3 Å². The second kappa shape index (κ2) is 4.46. The zero-order valence-corrected chi connectivity index (χ0v) is 13.4. The third-order valence-electron chi connectivity index (χ3n) is 6.19. The summed E-state index contributed by atoms with van der Waals surface area (Å²) in [5.74, 6) is 2.27. The Bertz CT molecular complexity index is 418. The van der Waals surface area contributed by atoms with Gasteiger partial charge in [-0.15, -0.1) is 0 Å². The molecule has 3 aliphatic rings. The maximum atomic E-state index is 11.5. The highest BCUT2D eigenvalue weighted by atomic mass is 16.6. The lowest BCUT2D eigenvalue weighted by Gasteiger charge is -2.51. The second-order valence-corrected chi connectivity index (χ2v) is 7.93. The molecule has 1 heterocycles. The van der Waals surface area contributed by atoms with Gasteiger partial charge in [0.2, 0.25) is 0 Å². The van der Waals surface area contributed by atoms with E-state index in [1.165, 1.54) is 6.92 Å². The zero-order valence-electron chi connectivity index (χ0n) is 13.4. The molecule has 3 rings (SSSR count). The van der Waals surface area contributed by atoms with E-state index in [1.807, 2.05) is 0 Å². The fourth-order valence-electron chi connectivity index (χ4n) is 5.09. The van der Waals surface area contributed by atoms with E-state index in [0.29, 0.717) is 29.8 Å². The molecule has 0 unspecified atom stereocenters. The van der Waals surface area contributed by atoms with E-state index in [2.05, 4.69) is 27.7 Å². The Kier molecular flexibility index (Phi) is 3.20. The van der Waals surface area contributed by atoms with Crippen LogP contribution >= 0.6 is 0 Å². The minimum absolute atomic E-state index is 0.114. The lowest BCUT2D eigenvalue weighted by Crippen LogP contribution is -2.54. The van der Waals surface area contributed by atoms with Crippen LogP contribution < -0.4 is 0 Å². The first-order valence-corrected chi connectivity index (χ1v) is 8.14. The molecule has 20 heavy (non-hydrogen) atoms. The van der Waals surface area contributed by atoms with Crippen molar-refractivity contribution in [2.45, 2.75) is 77.6 Å². The highest BCUT2D eigenvalue weighted by molar-refractivity contribution is 5.66. The molecule has 0 N–H and O–H groups in total. The van der Waals surface area contributed by atoms with E-state index in [4.69, 9.17) is 9.47 Å². The van der Waals surface area contributed by atoms with Crippen molar-refractivity contribution in [3.05, 3.63) is 0 Å². The standard InChI is InChI=1S/C17H28O3/c1-10(2)12-6-8-16(4,19-11(3)18)13-7-9-17(5)15(20-17)14(12)13/h10,12-15H,6-9H2,1-5H3/t12-,13-,14-,15-,16+,17+/m1/s1. The summed E-state index contributed by atoms with van der Waals surface area (Å²) in [5, 5.41) is 0. The fraction of sp³-hybridized carbons (Fsp3) is 0.941. The molecule has 3 fully saturated rings. The van der Waals surface area contributed by atoms with Crippen LogP contribution in [-0.2, 0) is 14.3 Å². The van der Waals surface area contributed by atoms with Crippen LogP contribution in [0.4, 0.5) is 0 Å². The van der Waals surface area contributed by atoms with Crippen LogP contribution in [0.3, 0.4) is 0 Å². The molecule has 1 aliphatic heterocycles. The Hall–Kier alpha value is -0.570. The molecule has 0 aromatic heterocycles. The van der Waals surface area contributed by atoms with E-state index < -0.39 is 0 Å². The lowest BCUT2D eigenvalue weighted by atomic mass is 9.56. The molecule has 2 aliphatic carbocycles. The zero-order chi connectivity index (χ0) is 14.7. The largest absolute Gasteiger partial charge is 0.459 e. The van der Waals surface area contributed by atoms with Crippen molar-refractivity contribution in [2.75, 3.05) is 0 Å². The van der Waals surface area contributed by atoms with Crippen LogP contribution in [0.2, 0.25) is 0 Å². The Morgan fingerprint density at radius 1 is 1.25 bits per heavy atom. The van der Waals surface area contributed by atoms with E-state index in [9.17, 15) is 4.79 Å². The third kappa shape index (κ3) is 2.09. The first-order valence-electron chi connectivity index (χ1n) is 8.14. The molecule has 0 bridgehead atoms. The summed E-state index contributed by atoms with van der Waals surface area (Å²) in [6.07, 6.45) is 4.79. The first-order chi connectivity index (χ1) is 9.27. The topological polar surface area (TPSA) is 38.8 Å². The number of fused-ring (bicyclic) bond motifs is 3. The maximum absolute atomic E-state index is 11.5. The summed E-state index contributed by atoms with van der Waals surface area (Å²) in [7, 11) is 0. The smallest absolute Gasteiger partial charge is 0.303 e. The fourth-order valence-corrected chi connectivity index (χ4v) is 5.09. The van der Waals surface area contributed by atoms with Gasteiger partial charge in [0.05, 0.1) is 11.7 Å². The monoisotopic (exact) mass is 280 g/mol. The number of rotatable bonds is 2. The SMILES string of the molecule is CC(=O)O[C@@]1(C)CC[C@H](C(C)C)[C@@H]2[C@H]1CC[C@]1(C)O[C@H]21. The Labute approximate surface area is 122 Å². The second-order valence-electron chi connectivity index (χ2n) is 7.93. The molecule has 3 heteroatoms. The van der Waals surface area contributed by atoms with E-state index in [1.54, 1.807) is 0 Å². The van der Waals surface area contributed by atoms with Crippen LogP contribution in [0.1, 0.15) is 60.3 Å². The maximum Gasteiger partial charge on any atom is 0.303 e. The van der Waals surface area contributed by atoms with Crippen molar-refractivity contribution in [3.8, 4) is 0 Å². The molecule has 0 radical (unpaired) electrons. The van der Waals surface area contributed by atoms with Gasteiger partial charge in [-0.2, -0.15) is 0 Å². The molecule has 1 saturated heterocycles. The van der Waals surface area contributed by atoms with Gasteiger partial charge in [0.15, 0.2) is 0 Å². The van der Waals surface area contributed by atoms with Crippen LogP contribution in [0.15, 0.2) is 0 Å². The van der Waals surface area contributed by atoms with Crippen molar-refractivity contribution in [1.29, 1.82) is 0 Å². The molecule has 0 amide bonds. The average molecular weight is 280 g/mol. The molecule has 0 spiro atoms. The molecule has 2 saturated carbocycles. The number of hydrogen-bond donors (Lipinski definition) is 0. The van der Waals surface area contributed by atoms with Gasteiger partial charge in [0.25, 0.3) is 0 Å². The van der Waals surface area contributed by atoms with E-state index in [-0.39, 0.29) is 17.2 Å². The van der Waals surface area contributed by atoms with Crippen molar-refractivity contribution >= 4 is 5.97 Å². The van der Waals surface area contributed by atoms with Crippen molar-refractivity contribution in [3.63, 3.8) is 0 Å². The Balaban J connectivity index is 1.89. The van der Waals surface area contributed by atoms with Crippen molar-refractivity contribution in [2.24, 2.45) is 23.7 Å². The van der Waals surface area contributed by atoms with E-state index in [0.717, 1.165) is 25.7 Å². The highest BCUT2D eigenvalue weighted by Gasteiger charge is 2.66. The van der Waals surface area contributed by atoms with Gasteiger partial charge in [0.1, 0.15) is 5.60 Å². The minimum Gasteiger partial charge on any atom is -0.459 e. The summed E-state index contributed by atoms with van der Waals surface area (Å²) >= 11 is 0. The van der Waals surface area contributed by atoms with Gasteiger partial charge >= 0.3 is 5.97 Å². The minimum atomic E-state index is -0.283. The summed E-state index contributed by atoms with van der Waals surface area (Å²) in [4.78, 5) is 11.5. The summed E-state index contributed by atoms with van der Waals surface area (Å²) in [6, 6.07) is 0. The summed E-state index contributed by atoms with van der Waals surface area (Å²) in [6.45, 7) is 10.6. The average Bonchev–Trinajstić information content (AvgIpc) is 3.00. The highest BCUT2D eigenvalue weighted by Crippen LogP contribution is 2.61. The molecule has 3 nitrogen and oxygen atoms in total. The van der Waals surface area contributed by atoms with E-state index >= 15 is 0 Å². The molecule has 114 valence electrons. The normalized spacial score (nSPS) is 50.3. The lowest BCUT2D eigenvalue weighted by molar-refractivity contribution is -0.176. The molecule has 0 aromatic rings. The van der Waals surface area contributed by atoms with Crippen LogP contribution in [0, 0.1) is 23.7 Å². The number of carbonyl (C=O) groups excluding carboxylic acids is 1. The van der Waals surface area contributed by atoms with Gasteiger partial charge in [-0.3, -0.25) is 4.79 Å². The summed E-state index contributed by atoms with van der Waals surface area (Å²) < 4.78 is 11.9. The van der Waals surface area contributed by atoms with Crippen LogP contribution in [-0.4, -0.2) is 23.3 Å². The van der Waals surface area contributed by atoms with Gasteiger partial charge in [-0.1, -0.05) is 13.8 Å². The quantitative estimate of drug-likeness (QED) is 0.573. The first kappa shape index (κ1) is 14.4.